The molecule has 6 nitrogen and oxygen atoms in total. The van der Waals surface area contributed by atoms with Crippen LogP contribution in [0, 0.1) is 0 Å². The first-order chi connectivity index (χ1) is 9.81. The van der Waals surface area contributed by atoms with Crippen LogP contribution in [0.2, 0.25) is 0 Å². The second kappa shape index (κ2) is 7.61. The van der Waals surface area contributed by atoms with E-state index in [4.69, 9.17) is 0 Å². The fourth-order valence-corrected chi connectivity index (χ4v) is 1.69. The highest BCUT2D eigenvalue weighted by Gasteiger charge is 2.13. The van der Waals surface area contributed by atoms with E-state index in [0.29, 0.717) is 12.1 Å². The molecule has 1 aromatic rings. The van der Waals surface area contributed by atoms with Gasteiger partial charge in [-0.2, -0.15) is 0 Å². The zero-order chi connectivity index (χ0) is 15.9. The predicted octanol–water partition coefficient (Wildman–Crippen LogP) is 1.55. The molecule has 116 valence electrons. The molecule has 0 aliphatic carbocycles. The molecule has 0 atom stereocenters. The van der Waals surface area contributed by atoms with E-state index < -0.39 is 0 Å². The molecule has 0 radical (unpaired) electrons. The van der Waals surface area contributed by atoms with Gasteiger partial charge in [-0.1, -0.05) is 0 Å². The first kappa shape index (κ1) is 16.9. The van der Waals surface area contributed by atoms with Crippen molar-refractivity contribution < 1.29 is 9.59 Å². The molecule has 0 spiro atoms. The number of nitrogens with zero attached hydrogens (tertiary/aromatic N) is 1. The van der Waals surface area contributed by atoms with Crippen molar-refractivity contribution in [2.75, 3.05) is 18.4 Å². The molecule has 0 aliphatic heterocycles. The van der Waals surface area contributed by atoms with E-state index in [2.05, 4.69) is 20.9 Å². The fourth-order valence-electron chi connectivity index (χ4n) is 1.69. The quantitative estimate of drug-likeness (QED) is 0.743. The maximum atomic E-state index is 11.9. The maximum absolute atomic E-state index is 11.9. The van der Waals surface area contributed by atoms with Gasteiger partial charge >= 0.3 is 0 Å². The number of anilines is 1. The lowest BCUT2D eigenvalue weighted by Gasteiger charge is -2.20. The highest BCUT2D eigenvalue weighted by atomic mass is 16.2. The zero-order valence-electron chi connectivity index (χ0n) is 13.1. The fraction of sp³-hybridized carbons (Fsp3) is 0.533. The van der Waals surface area contributed by atoms with E-state index in [1.54, 1.807) is 12.1 Å². The maximum Gasteiger partial charge on any atom is 0.252 e. The molecular weight excluding hydrogens is 268 g/mol. The molecule has 0 saturated carbocycles. The van der Waals surface area contributed by atoms with Crippen molar-refractivity contribution in [3.05, 3.63) is 23.9 Å². The Morgan fingerprint density at radius 1 is 1.24 bits per heavy atom. The van der Waals surface area contributed by atoms with E-state index in [0.717, 1.165) is 12.4 Å². The Bertz CT molecular complexity index is 477. The van der Waals surface area contributed by atoms with Crippen LogP contribution in [0.5, 0.6) is 0 Å². The van der Waals surface area contributed by atoms with Gasteiger partial charge in [0, 0.05) is 31.2 Å². The monoisotopic (exact) mass is 292 g/mol. The summed E-state index contributed by atoms with van der Waals surface area (Å²) in [7, 11) is 0. The van der Waals surface area contributed by atoms with E-state index in [1.807, 2.05) is 27.7 Å². The molecule has 0 unspecified atom stereocenters. The van der Waals surface area contributed by atoms with Crippen molar-refractivity contribution in [3.8, 4) is 0 Å². The molecule has 0 fully saturated rings. The summed E-state index contributed by atoms with van der Waals surface area (Å²) >= 11 is 0. The van der Waals surface area contributed by atoms with Crippen LogP contribution >= 0.6 is 0 Å². The number of hydrogen-bond acceptors (Lipinski definition) is 4. The van der Waals surface area contributed by atoms with Gasteiger partial charge in [0.15, 0.2) is 0 Å². The van der Waals surface area contributed by atoms with Crippen LogP contribution in [-0.2, 0) is 4.79 Å². The van der Waals surface area contributed by atoms with Crippen molar-refractivity contribution in [3.63, 3.8) is 0 Å². The van der Waals surface area contributed by atoms with Gasteiger partial charge in [-0.15, -0.1) is 0 Å². The molecule has 6 heteroatoms. The third kappa shape index (κ3) is 6.74. The molecule has 0 saturated heterocycles. The van der Waals surface area contributed by atoms with E-state index >= 15 is 0 Å². The number of aromatic nitrogens is 1. The minimum atomic E-state index is -0.257. The molecule has 0 bridgehead atoms. The van der Waals surface area contributed by atoms with Gasteiger partial charge in [0.2, 0.25) is 5.91 Å². The average molecular weight is 292 g/mol. The van der Waals surface area contributed by atoms with Crippen molar-refractivity contribution in [2.24, 2.45) is 0 Å². The lowest BCUT2D eigenvalue weighted by Crippen LogP contribution is -2.42. The number of hydrogen-bond donors (Lipinski definition) is 3. The SMILES string of the molecule is CCNc1ccc(C(=O)NCCC(=O)NC(C)(C)C)cn1. The third-order valence-corrected chi connectivity index (χ3v) is 2.54. The average Bonchev–Trinajstić information content (AvgIpc) is 2.37. The van der Waals surface area contributed by atoms with Crippen LogP contribution in [0.3, 0.4) is 0 Å². The predicted molar refractivity (Wildman–Crippen MR) is 83.2 cm³/mol. The molecule has 21 heavy (non-hydrogen) atoms. The zero-order valence-corrected chi connectivity index (χ0v) is 13.1. The Morgan fingerprint density at radius 3 is 2.48 bits per heavy atom. The summed E-state index contributed by atoms with van der Waals surface area (Å²) in [5.74, 6) is 0.427. The van der Waals surface area contributed by atoms with Gasteiger partial charge in [0.25, 0.3) is 5.91 Å². The van der Waals surface area contributed by atoms with Gasteiger partial charge < -0.3 is 16.0 Å². The minimum absolute atomic E-state index is 0.0802. The highest BCUT2D eigenvalue weighted by molar-refractivity contribution is 5.94. The van der Waals surface area contributed by atoms with E-state index in [9.17, 15) is 9.59 Å². The lowest BCUT2D eigenvalue weighted by molar-refractivity contribution is -0.122. The number of nitrogens with one attached hydrogen (secondary N) is 3. The lowest BCUT2D eigenvalue weighted by atomic mass is 10.1. The Labute approximate surface area is 125 Å². The summed E-state index contributed by atoms with van der Waals surface area (Å²) in [4.78, 5) is 27.6. The Balaban J connectivity index is 2.38. The second-order valence-electron chi connectivity index (χ2n) is 5.77. The van der Waals surface area contributed by atoms with Crippen LogP contribution in [0.4, 0.5) is 5.82 Å². The Hall–Kier alpha value is -2.11. The Kier molecular flexibility index (Phi) is 6.14. The molecule has 0 aliphatic rings. The number of rotatable bonds is 6. The van der Waals surface area contributed by atoms with Crippen LogP contribution < -0.4 is 16.0 Å². The van der Waals surface area contributed by atoms with Crippen LogP contribution in [-0.4, -0.2) is 35.4 Å². The summed E-state index contributed by atoms with van der Waals surface area (Å²) < 4.78 is 0. The largest absolute Gasteiger partial charge is 0.370 e. The minimum Gasteiger partial charge on any atom is -0.370 e. The van der Waals surface area contributed by atoms with Crippen LogP contribution in [0.1, 0.15) is 44.5 Å². The van der Waals surface area contributed by atoms with E-state index in [1.165, 1.54) is 6.20 Å². The van der Waals surface area contributed by atoms with Crippen molar-refractivity contribution in [1.29, 1.82) is 0 Å². The van der Waals surface area contributed by atoms with Crippen molar-refractivity contribution >= 4 is 17.6 Å². The highest BCUT2D eigenvalue weighted by Crippen LogP contribution is 2.04. The molecule has 1 aromatic heterocycles. The normalized spacial score (nSPS) is 10.9. The molecule has 2 amide bonds. The number of carbonyl (C=O) groups excluding carboxylic acids is 2. The summed E-state index contributed by atoms with van der Waals surface area (Å²) in [5.41, 5.74) is 0.223. The summed E-state index contributed by atoms with van der Waals surface area (Å²) in [5, 5.41) is 8.61. The van der Waals surface area contributed by atoms with Gasteiger partial charge in [0.05, 0.1) is 5.56 Å². The molecular formula is C15H24N4O2. The van der Waals surface area contributed by atoms with Crippen LogP contribution in [0.15, 0.2) is 18.3 Å². The smallest absolute Gasteiger partial charge is 0.252 e. The standard InChI is InChI=1S/C15H24N4O2/c1-5-16-12-7-6-11(10-18-12)14(21)17-9-8-13(20)19-15(2,3)4/h6-7,10H,5,8-9H2,1-4H3,(H,16,18)(H,17,21)(H,19,20). The van der Waals surface area contributed by atoms with Gasteiger partial charge in [-0.3, -0.25) is 9.59 Å². The third-order valence-electron chi connectivity index (χ3n) is 2.54. The van der Waals surface area contributed by atoms with Gasteiger partial charge in [-0.05, 0) is 39.8 Å². The summed E-state index contributed by atoms with van der Waals surface area (Å²) in [6.07, 6.45) is 1.77. The molecule has 1 heterocycles. The number of pyridine rings is 1. The van der Waals surface area contributed by atoms with Gasteiger partial charge in [-0.25, -0.2) is 4.98 Å². The molecule has 0 aromatic carbocycles. The first-order valence-electron chi connectivity index (χ1n) is 7.11. The topological polar surface area (TPSA) is 83.1 Å². The van der Waals surface area contributed by atoms with Crippen LogP contribution in [0.25, 0.3) is 0 Å². The summed E-state index contributed by atoms with van der Waals surface area (Å²) in [6.45, 7) is 8.81. The first-order valence-corrected chi connectivity index (χ1v) is 7.11. The van der Waals surface area contributed by atoms with E-state index in [-0.39, 0.29) is 23.8 Å². The van der Waals surface area contributed by atoms with Crippen molar-refractivity contribution in [1.82, 2.24) is 15.6 Å². The van der Waals surface area contributed by atoms with Gasteiger partial charge in [0.1, 0.15) is 5.82 Å². The molecule has 3 N–H and O–H groups in total. The second-order valence-corrected chi connectivity index (χ2v) is 5.77. The summed E-state index contributed by atoms with van der Waals surface area (Å²) in [6, 6.07) is 3.46. The Morgan fingerprint density at radius 2 is 1.95 bits per heavy atom. The molecule has 1 rings (SSSR count). The number of amides is 2. The number of carbonyl (C=O) groups is 2. The van der Waals surface area contributed by atoms with Crippen molar-refractivity contribution in [2.45, 2.75) is 39.7 Å².